The van der Waals surface area contributed by atoms with Crippen molar-refractivity contribution in [2.75, 3.05) is 13.1 Å². The molecule has 0 bridgehead atoms. The topological polar surface area (TPSA) is 95.6 Å². The van der Waals surface area contributed by atoms with Crippen LogP contribution in [-0.4, -0.2) is 32.6 Å². The number of aromatic nitrogens is 4. The zero-order valence-electron chi connectivity index (χ0n) is 14.4. The van der Waals surface area contributed by atoms with Gasteiger partial charge in [0.25, 0.3) is 5.56 Å². The van der Waals surface area contributed by atoms with Gasteiger partial charge in [-0.15, -0.1) is 6.42 Å². The predicted octanol–water partition coefficient (Wildman–Crippen LogP) is 1.52. The van der Waals surface area contributed by atoms with Crippen LogP contribution in [0.1, 0.15) is 31.7 Å². The third kappa shape index (κ3) is 2.82. The number of fused-ring (bicyclic) bond motifs is 3. The molecule has 26 heavy (non-hydrogen) atoms. The van der Waals surface area contributed by atoms with Crippen molar-refractivity contribution < 1.29 is 0 Å². The molecule has 0 amide bonds. The van der Waals surface area contributed by atoms with Gasteiger partial charge in [0.05, 0.1) is 17.4 Å². The van der Waals surface area contributed by atoms with E-state index in [1.165, 1.54) is 6.20 Å². The Bertz CT molecular complexity index is 1090. The van der Waals surface area contributed by atoms with Gasteiger partial charge >= 0.3 is 5.69 Å². The SMILES string of the molecule is C#CCNCC1CCC(n2c(=O)[nH]c(=O)c3cnc4[nH]ccc4c32)CC1. The van der Waals surface area contributed by atoms with E-state index in [0.29, 0.717) is 29.0 Å². The van der Waals surface area contributed by atoms with E-state index in [9.17, 15) is 9.59 Å². The largest absolute Gasteiger partial charge is 0.346 e. The quantitative estimate of drug-likeness (QED) is 0.490. The predicted molar refractivity (Wildman–Crippen MR) is 101 cm³/mol. The third-order valence-corrected chi connectivity index (χ3v) is 5.32. The lowest BCUT2D eigenvalue weighted by Gasteiger charge is -2.30. The first-order valence-corrected chi connectivity index (χ1v) is 8.94. The molecule has 4 rings (SSSR count). The first-order chi connectivity index (χ1) is 12.7. The fraction of sp³-hybridized carbons (Fsp3) is 0.421. The van der Waals surface area contributed by atoms with Crippen molar-refractivity contribution in [1.82, 2.24) is 24.8 Å². The van der Waals surface area contributed by atoms with Gasteiger partial charge in [-0.1, -0.05) is 5.92 Å². The molecular weight excluding hydrogens is 330 g/mol. The normalized spacial score (nSPS) is 20.4. The van der Waals surface area contributed by atoms with Crippen LogP contribution >= 0.6 is 0 Å². The minimum absolute atomic E-state index is 0.0752. The van der Waals surface area contributed by atoms with E-state index in [1.54, 1.807) is 10.8 Å². The molecule has 7 nitrogen and oxygen atoms in total. The van der Waals surface area contributed by atoms with Gasteiger partial charge in [0, 0.05) is 23.8 Å². The zero-order chi connectivity index (χ0) is 18.1. The summed E-state index contributed by atoms with van der Waals surface area (Å²) in [5.41, 5.74) is 0.636. The number of H-pyrrole nitrogens is 2. The number of aromatic amines is 2. The molecule has 3 heterocycles. The summed E-state index contributed by atoms with van der Waals surface area (Å²) in [5.74, 6) is 3.16. The minimum atomic E-state index is -0.385. The lowest BCUT2D eigenvalue weighted by Crippen LogP contribution is -2.35. The summed E-state index contributed by atoms with van der Waals surface area (Å²) in [6.45, 7) is 1.49. The Morgan fingerprint density at radius 3 is 2.85 bits per heavy atom. The summed E-state index contributed by atoms with van der Waals surface area (Å²) in [4.78, 5) is 34.7. The Morgan fingerprint density at radius 2 is 2.08 bits per heavy atom. The Labute approximate surface area is 149 Å². The fourth-order valence-electron chi connectivity index (χ4n) is 4.05. The number of rotatable bonds is 4. The molecule has 7 heteroatoms. The highest BCUT2D eigenvalue weighted by atomic mass is 16.2. The highest BCUT2D eigenvalue weighted by Gasteiger charge is 2.25. The van der Waals surface area contributed by atoms with Crippen molar-refractivity contribution in [3.63, 3.8) is 0 Å². The lowest BCUT2D eigenvalue weighted by molar-refractivity contribution is 0.269. The summed E-state index contributed by atoms with van der Waals surface area (Å²) < 4.78 is 1.76. The van der Waals surface area contributed by atoms with Crippen molar-refractivity contribution in [3.05, 3.63) is 39.3 Å². The fourth-order valence-corrected chi connectivity index (χ4v) is 4.05. The standard InChI is InChI=1S/C19H21N5O2/c1-2-8-20-10-12-3-5-13(6-4-12)24-16-14-7-9-21-17(14)22-11-15(16)18(25)23-19(24)26/h1,7,9,11-13,20H,3-6,8,10H2,(H,21,22)(H,23,25,26). The van der Waals surface area contributed by atoms with Crippen LogP contribution in [0.3, 0.4) is 0 Å². The number of nitrogens with zero attached hydrogens (tertiary/aromatic N) is 2. The third-order valence-electron chi connectivity index (χ3n) is 5.32. The van der Waals surface area contributed by atoms with Crippen LogP contribution in [0, 0.1) is 18.3 Å². The average molecular weight is 351 g/mol. The highest BCUT2D eigenvalue weighted by molar-refractivity contribution is 6.01. The molecule has 0 radical (unpaired) electrons. The van der Waals surface area contributed by atoms with Gasteiger partial charge < -0.3 is 10.3 Å². The van der Waals surface area contributed by atoms with Crippen LogP contribution in [0.2, 0.25) is 0 Å². The van der Waals surface area contributed by atoms with Crippen LogP contribution in [0.4, 0.5) is 0 Å². The summed E-state index contributed by atoms with van der Waals surface area (Å²) in [5, 5.41) is 4.53. The van der Waals surface area contributed by atoms with Crippen molar-refractivity contribution in [2.45, 2.75) is 31.7 Å². The molecule has 1 aliphatic carbocycles. The first-order valence-electron chi connectivity index (χ1n) is 8.94. The van der Waals surface area contributed by atoms with E-state index in [-0.39, 0.29) is 17.3 Å². The molecule has 0 aliphatic heterocycles. The second-order valence-electron chi connectivity index (χ2n) is 6.90. The van der Waals surface area contributed by atoms with Crippen LogP contribution in [0.25, 0.3) is 21.9 Å². The molecular formula is C19H21N5O2. The van der Waals surface area contributed by atoms with E-state index in [0.717, 1.165) is 37.6 Å². The second kappa shape index (κ2) is 6.81. The molecule has 0 saturated heterocycles. The zero-order valence-corrected chi connectivity index (χ0v) is 14.4. The van der Waals surface area contributed by atoms with E-state index < -0.39 is 0 Å². The Balaban J connectivity index is 1.71. The molecule has 3 aromatic rings. The van der Waals surface area contributed by atoms with Crippen LogP contribution in [0.15, 0.2) is 28.0 Å². The summed E-state index contributed by atoms with van der Waals surface area (Å²) >= 11 is 0. The smallest absolute Gasteiger partial charge is 0.329 e. The number of terminal acetylenes is 1. The Morgan fingerprint density at radius 1 is 1.27 bits per heavy atom. The molecule has 0 atom stereocenters. The Hall–Kier alpha value is -2.85. The number of nitrogens with one attached hydrogen (secondary N) is 3. The van der Waals surface area contributed by atoms with Crippen LogP contribution in [0.5, 0.6) is 0 Å². The second-order valence-corrected chi connectivity index (χ2v) is 6.90. The van der Waals surface area contributed by atoms with Gasteiger partial charge in [-0.05, 0) is 44.2 Å². The van der Waals surface area contributed by atoms with Gasteiger partial charge in [-0.3, -0.25) is 14.3 Å². The number of hydrogen-bond acceptors (Lipinski definition) is 4. The maximum absolute atomic E-state index is 12.7. The van der Waals surface area contributed by atoms with Crippen molar-refractivity contribution >= 4 is 21.9 Å². The molecule has 3 N–H and O–H groups in total. The lowest BCUT2D eigenvalue weighted by atomic mass is 9.85. The summed E-state index contributed by atoms with van der Waals surface area (Å²) in [7, 11) is 0. The van der Waals surface area contributed by atoms with E-state index in [1.807, 2.05) is 6.07 Å². The maximum atomic E-state index is 12.7. The van der Waals surface area contributed by atoms with Gasteiger partial charge in [-0.25, -0.2) is 9.78 Å². The molecule has 0 unspecified atom stereocenters. The van der Waals surface area contributed by atoms with E-state index in [4.69, 9.17) is 6.42 Å². The van der Waals surface area contributed by atoms with Gasteiger partial charge in [0.2, 0.25) is 0 Å². The van der Waals surface area contributed by atoms with Crippen LogP contribution in [-0.2, 0) is 0 Å². The molecule has 0 spiro atoms. The molecule has 134 valence electrons. The van der Waals surface area contributed by atoms with Gasteiger partial charge in [-0.2, -0.15) is 0 Å². The molecule has 1 fully saturated rings. The van der Waals surface area contributed by atoms with Gasteiger partial charge in [0.1, 0.15) is 5.65 Å². The van der Waals surface area contributed by atoms with Crippen molar-refractivity contribution in [2.24, 2.45) is 5.92 Å². The molecule has 1 saturated carbocycles. The number of hydrogen-bond donors (Lipinski definition) is 3. The highest BCUT2D eigenvalue weighted by Crippen LogP contribution is 2.33. The summed E-state index contributed by atoms with van der Waals surface area (Å²) in [6.07, 6.45) is 12.4. The molecule has 3 aromatic heterocycles. The number of pyridine rings is 1. The maximum Gasteiger partial charge on any atom is 0.329 e. The van der Waals surface area contributed by atoms with Gasteiger partial charge in [0.15, 0.2) is 0 Å². The van der Waals surface area contributed by atoms with Crippen molar-refractivity contribution in [1.29, 1.82) is 0 Å². The van der Waals surface area contributed by atoms with Crippen molar-refractivity contribution in [3.8, 4) is 12.3 Å². The van der Waals surface area contributed by atoms with E-state index in [2.05, 4.69) is 26.2 Å². The molecule has 1 aliphatic rings. The first kappa shape index (κ1) is 16.6. The molecule has 0 aromatic carbocycles. The van der Waals surface area contributed by atoms with E-state index >= 15 is 0 Å². The minimum Gasteiger partial charge on any atom is -0.346 e. The average Bonchev–Trinajstić information content (AvgIpc) is 3.12. The van der Waals surface area contributed by atoms with Crippen LogP contribution < -0.4 is 16.6 Å². The summed E-state index contributed by atoms with van der Waals surface area (Å²) in [6, 6.07) is 1.95. The Kier molecular flexibility index (Phi) is 4.35. The monoisotopic (exact) mass is 351 g/mol.